The summed E-state index contributed by atoms with van der Waals surface area (Å²) < 4.78 is 7.07. The van der Waals surface area contributed by atoms with Crippen LogP contribution in [-0.4, -0.2) is 26.2 Å². The van der Waals surface area contributed by atoms with Crippen LogP contribution in [0.3, 0.4) is 0 Å². The molecule has 1 aromatic rings. The summed E-state index contributed by atoms with van der Waals surface area (Å²) in [4.78, 5) is 0. The summed E-state index contributed by atoms with van der Waals surface area (Å²) in [5.41, 5.74) is 6.88. The number of rotatable bonds is 2. The summed E-state index contributed by atoms with van der Waals surface area (Å²) in [6.45, 7) is 4.32. The zero-order valence-corrected chi connectivity index (χ0v) is 10.5. The number of nitrogens with two attached hydrogens (primary N) is 1. The van der Waals surface area contributed by atoms with E-state index < -0.39 is 0 Å². The van der Waals surface area contributed by atoms with Gasteiger partial charge in [-0.15, -0.1) is 0 Å². The van der Waals surface area contributed by atoms with Crippen LogP contribution >= 0.6 is 12.2 Å². The number of thiocarbonyl (C=S) groups is 1. The van der Waals surface area contributed by atoms with Crippen molar-refractivity contribution >= 4 is 37.5 Å². The second-order valence-corrected chi connectivity index (χ2v) is 5.55. The number of nitriles is 1. The van der Waals surface area contributed by atoms with Crippen molar-refractivity contribution in [1.82, 2.24) is 0 Å². The van der Waals surface area contributed by atoms with E-state index in [0.717, 1.165) is 8.87 Å². The second kappa shape index (κ2) is 4.61. The van der Waals surface area contributed by atoms with Gasteiger partial charge in [-0.2, -0.15) is 0 Å². The summed E-state index contributed by atoms with van der Waals surface area (Å²) in [5, 5.41) is 9.28. The Bertz CT molecular complexity index is 406. The minimum atomic E-state index is 0.0569. The van der Waals surface area contributed by atoms with Crippen molar-refractivity contribution in [2.24, 2.45) is 0 Å². The maximum absolute atomic E-state index is 8.84. The van der Waals surface area contributed by atoms with Crippen LogP contribution in [0.2, 0.25) is 0 Å². The number of hydrogen-bond donors (Lipinski definition) is 1. The molecule has 1 aromatic heterocycles. The van der Waals surface area contributed by atoms with Crippen molar-refractivity contribution in [3.8, 4) is 6.07 Å². The number of ether oxygens (including phenoxy) is 1. The van der Waals surface area contributed by atoms with Crippen LogP contribution in [-0.2, 0) is 4.74 Å². The molecule has 0 radical (unpaired) electrons. The first-order valence-electron chi connectivity index (χ1n) is 4.07. The molecule has 0 fully saturated rings. The van der Waals surface area contributed by atoms with Crippen molar-refractivity contribution < 1.29 is 4.74 Å². The molecule has 0 saturated carbocycles. The summed E-state index contributed by atoms with van der Waals surface area (Å²) in [6.07, 6.45) is 0. The molecule has 0 amide bonds. The molecule has 0 aliphatic carbocycles. The molecule has 0 aromatic carbocycles. The minimum absolute atomic E-state index is 0.0569. The SMILES string of the molecule is CCOC(=S)c1[se]c(C)c(C#N)c1N. The van der Waals surface area contributed by atoms with Gasteiger partial charge >= 0.3 is 94.2 Å². The van der Waals surface area contributed by atoms with Crippen molar-refractivity contribution in [1.29, 1.82) is 5.26 Å². The molecule has 5 heteroatoms. The number of aryl methyl sites for hydroxylation is 1. The van der Waals surface area contributed by atoms with Crippen LogP contribution in [0.25, 0.3) is 0 Å². The van der Waals surface area contributed by atoms with E-state index >= 15 is 0 Å². The summed E-state index contributed by atoms with van der Waals surface area (Å²) >= 11 is 5.12. The Balaban J connectivity index is 3.13. The molecule has 0 unspecified atom stereocenters. The van der Waals surface area contributed by atoms with Gasteiger partial charge in [-0.1, -0.05) is 0 Å². The molecular weight excluding hydrogens is 263 g/mol. The molecule has 0 atom stereocenters. The molecule has 14 heavy (non-hydrogen) atoms. The van der Waals surface area contributed by atoms with Gasteiger partial charge in [0.05, 0.1) is 0 Å². The van der Waals surface area contributed by atoms with Crippen LogP contribution in [0, 0.1) is 18.3 Å². The van der Waals surface area contributed by atoms with Gasteiger partial charge in [0.2, 0.25) is 0 Å². The molecule has 0 spiro atoms. The zero-order chi connectivity index (χ0) is 10.7. The third-order valence-corrected chi connectivity index (χ3v) is 4.66. The van der Waals surface area contributed by atoms with Crippen molar-refractivity contribution in [3.05, 3.63) is 14.4 Å². The van der Waals surface area contributed by atoms with E-state index in [9.17, 15) is 0 Å². The molecule has 0 aliphatic rings. The number of nitrogen functional groups attached to an aromatic ring is 1. The van der Waals surface area contributed by atoms with E-state index in [0.29, 0.717) is 22.9 Å². The fourth-order valence-electron chi connectivity index (χ4n) is 1.05. The van der Waals surface area contributed by atoms with E-state index in [4.69, 9.17) is 28.0 Å². The maximum atomic E-state index is 8.84. The Hall–Kier alpha value is -0.821. The topological polar surface area (TPSA) is 59.0 Å². The Labute approximate surface area is 94.2 Å². The normalized spacial score (nSPS) is 9.50. The van der Waals surface area contributed by atoms with E-state index in [1.54, 1.807) is 0 Å². The summed E-state index contributed by atoms with van der Waals surface area (Å²) in [7, 11) is 0. The quantitative estimate of drug-likeness (QED) is 0.650. The van der Waals surface area contributed by atoms with Crippen LogP contribution < -0.4 is 5.73 Å². The number of anilines is 1. The molecule has 74 valence electrons. The van der Waals surface area contributed by atoms with Crippen molar-refractivity contribution in [2.75, 3.05) is 12.3 Å². The Morgan fingerprint density at radius 3 is 2.79 bits per heavy atom. The number of nitrogens with zero attached hydrogens (tertiary/aromatic N) is 1. The van der Waals surface area contributed by atoms with E-state index in [1.807, 2.05) is 13.8 Å². The van der Waals surface area contributed by atoms with Crippen LogP contribution in [0.4, 0.5) is 5.69 Å². The van der Waals surface area contributed by atoms with E-state index in [1.165, 1.54) is 0 Å². The molecule has 2 N–H and O–H groups in total. The first-order valence-corrected chi connectivity index (χ1v) is 6.20. The van der Waals surface area contributed by atoms with Gasteiger partial charge in [-0.05, 0) is 0 Å². The molecule has 0 saturated heterocycles. The van der Waals surface area contributed by atoms with Crippen LogP contribution in [0.1, 0.15) is 21.4 Å². The molecule has 1 heterocycles. The van der Waals surface area contributed by atoms with Crippen molar-refractivity contribution in [3.63, 3.8) is 0 Å². The molecular formula is C9H10N2OSSe. The van der Waals surface area contributed by atoms with Crippen LogP contribution in [0.5, 0.6) is 0 Å². The van der Waals surface area contributed by atoms with Crippen molar-refractivity contribution in [2.45, 2.75) is 13.8 Å². The average Bonchev–Trinajstić information content (AvgIpc) is 2.42. The van der Waals surface area contributed by atoms with Gasteiger partial charge < -0.3 is 0 Å². The molecule has 0 bridgehead atoms. The Morgan fingerprint density at radius 1 is 1.71 bits per heavy atom. The predicted octanol–water partition coefficient (Wildman–Crippen LogP) is 1.22. The molecule has 1 rings (SSSR count). The average molecular weight is 273 g/mol. The fourth-order valence-corrected chi connectivity index (χ4v) is 3.42. The first kappa shape index (κ1) is 11.3. The predicted molar refractivity (Wildman–Crippen MR) is 60.6 cm³/mol. The third-order valence-electron chi connectivity index (χ3n) is 1.69. The Kier molecular flexibility index (Phi) is 3.70. The summed E-state index contributed by atoms with van der Waals surface area (Å²) in [5.74, 6) is 0. The van der Waals surface area contributed by atoms with E-state index in [2.05, 4.69) is 6.07 Å². The van der Waals surface area contributed by atoms with Gasteiger partial charge in [-0.25, -0.2) is 0 Å². The van der Waals surface area contributed by atoms with Gasteiger partial charge in [0.15, 0.2) is 0 Å². The van der Waals surface area contributed by atoms with Gasteiger partial charge in [0.1, 0.15) is 0 Å². The Morgan fingerprint density at radius 2 is 2.36 bits per heavy atom. The zero-order valence-electron chi connectivity index (χ0n) is 7.96. The van der Waals surface area contributed by atoms with Gasteiger partial charge in [0.25, 0.3) is 0 Å². The summed E-state index contributed by atoms with van der Waals surface area (Å²) in [6, 6.07) is 2.09. The third kappa shape index (κ3) is 1.98. The van der Waals surface area contributed by atoms with Crippen LogP contribution in [0.15, 0.2) is 0 Å². The fraction of sp³-hybridized carbons (Fsp3) is 0.333. The van der Waals surface area contributed by atoms with Gasteiger partial charge in [0, 0.05) is 0 Å². The first-order chi connectivity index (χ1) is 6.61. The number of hydrogen-bond acceptors (Lipinski definition) is 4. The van der Waals surface area contributed by atoms with Gasteiger partial charge in [-0.3, -0.25) is 0 Å². The monoisotopic (exact) mass is 274 g/mol. The molecule has 3 nitrogen and oxygen atoms in total. The van der Waals surface area contributed by atoms with E-state index in [-0.39, 0.29) is 14.5 Å². The molecule has 0 aliphatic heterocycles. The standard InChI is InChI=1S/C9H10N2OSSe/c1-3-12-9(13)8-7(11)6(4-10)5(2)14-8/h3,11H2,1-2H3. The second-order valence-electron chi connectivity index (χ2n) is 2.61.